The molecule has 2 aromatic rings. The van der Waals surface area contributed by atoms with E-state index in [0.29, 0.717) is 29.4 Å². The number of hydrogen-bond acceptors (Lipinski definition) is 6. The molecule has 7 nitrogen and oxygen atoms in total. The molecule has 0 radical (unpaired) electrons. The largest absolute Gasteiger partial charge is 0.466 e. The first kappa shape index (κ1) is 24.5. The van der Waals surface area contributed by atoms with Crippen molar-refractivity contribution >= 4 is 32.5 Å². The van der Waals surface area contributed by atoms with E-state index in [0.717, 1.165) is 16.5 Å². The van der Waals surface area contributed by atoms with Crippen LogP contribution in [0.3, 0.4) is 0 Å². The van der Waals surface area contributed by atoms with Crippen molar-refractivity contribution in [2.45, 2.75) is 53.2 Å². The number of benzene rings is 1. The Morgan fingerprint density at radius 3 is 2.65 bits per heavy atom. The molecule has 0 aliphatic rings. The van der Waals surface area contributed by atoms with Crippen molar-refractivity contribution in [3.05, 3.63) is 53.5 Å². The summed E-state index contributed by atoms with van der Waals surface area (Å²) in [4.78, 5) is 23.8. The first-order valence-electron chi connectivity index (χ1n) is 10.2. The highest BCUT2D eigenvalue weighted by Crippen LogP contribution is 2.36. The third kappa shape index (κ3) is 7.79. The van der Waals surface area contributed by atoms with Gasteiger partial charge in [0.15, 0.2) is 11.5 Å². The molecule has 0 aliphatic heterocycles. The fourth-order valence-corrected chi connectivity index (χ4v) is 3.30. The molecule has 1 aromatic carbocycles. The molecule has 31 heavy (non-hydrogen) atoms. The van der Waals surface area contributed by atoms with Crippen LogP contribution in [-0.4, -0.2) is 24.8 Å². The first-order valence-corrected chi connectivity index (χ1v) is 11.0. The summed E-state index contributed by atoms with van der Waals surface area (Å²) in [5.41, 5.74) is 1.45. The van der Waals surface area contributed by atoms with Crippen molar-refractivity contribution in [3.8, 4) is 11.5 Å². The van der Waals surface area contributed by atoms with Gasteiger partial charge >= 0.3 is 12.1 Å². The Morgan fingerprint density at radius 2 is 1.97 bits per heavy atom. The van der Waals surface area contributed by atoms with Gasteiger partial charge in [0.05, 0.1) is 29.9 Å². The van der Waals surface area contributed by atoms with Crippen molar-refractivity contribution < 1.29 is 28.2 Å². The minimum Gasteiger partial charge on any atom is -0.466 e. The summed E-state index contributed by atoms with van der Waals surface area (Å²) in [6, 6.07) is 7.09. The minimum atomic E-state index is -0.501. The molecule has 8 heteroatoms. The van der Waals surface area contributed by atoms with E-state index >= 15 is 0 Å². The smallest absolute Gasteiger partial charge is 0.407 e. The lowest BCUT2D eigenvalue weighted by molar-refractivity contribution is -0.142. The average molecular weight is 494 g/mol. The number of halogens is 1. The Balaban J connectivity index is 2.28. The van der Waals surface area contributed by atoms with Crippen LogP contribution >= 0.6 is 15.9 Å². The van der Waals surface area contributed by atoms with E-state index in [9.17, 15) is 9.59 Å². The molecular formula is C23H28BrNO6. The second kappa shape index (κ2) is 12.2. The van der Waals surface area contributed by atoms with Crippen molar-refractivity contribution in [1.29, 1.82) is 0 Å². The highest BCUT2D eigenvalue weighted by molar-refractivity contribution is 9.15. The molecule has 0 spiro atoms. The molecule has 168 valence electrons. The van der Waals surface area contributed by atoms with Gasteiger partial charge in [0, 0.05) is 18.2 Å². The lowest BCUT2D eigenvalue weighted by Gasteiger charge is -2.14. The summed E-state index contributed by atoms with van der Waals surface area (Å²) in [5.74, 6) is 1.18. The molecule has 0 unspecified atom stereocenters. The van der Waals surface area contributed by atoms with Crippen molar-refractivity contribution in [2.24, 2.45) is 0 Å². The molecular weight excluding hydrogens is 466 g/mol. The van der Waals surface area contributed by atoms with Crippen molar-refractivity contribution in [2.75, 3.05) is 6.61 Å². The molecule has 0 saturated carbocycles. The van der Waals surface area contributed by atoms with Crippen LogP contribution in [0.5, 0.6) is 11.5 Å². The van der Waals surface area contributed by atoms with Crippen LogP contribution in [0.4, 0.5) is 4.79 Å². The molecule has 0 atom stereocenters. The number of amides is 1. The normalized spacial score (nSPS) is 11.4. The van der Waals surface area contributed by atoms with Crippen LogP contribution in [0.2, 0.25) is 0 Å². The van der Waals surface area contributed by atoms with Gasteiger partial charge in [-0.3, -0.25) is 4.79 Å². The summed E-state index contributed by atoms with van der Waals surface area (Å²) in [6.45, 7) is 7.89. The van der Waals surface area contributed by atoms with Gasteiger partial charge in [-0.2, -0.15) is 0 Å². The summed E-state index contributed by atoms with van der Waals surface area (Å²) in [7, 11) is 0. The number of esters is 1. The number of ether oxygens (including phenoxy) is 3. The summed E-state index contributed by atoms with van der Waals surface area (Å²) in [5, 5.41) is 2.70. The Hall–Kier alpha value is -2.74. The van der Waals surface area contributed by atoms with Crippen LogP contribution < -0.4 is 10.1 Å². The van der Waals surface area contributed by atoms with Gasteiger partial charge in [-0.1, -0.05) is 25.1 Å². The van der Waals surface area contributed by atoms with Gasteiger partial charge in [0.2, 0.25) is 0 Å². The Bertz CT molecular complexity index is 919. The maximum absolute atomic E-state index is 12.0. The van der Waals surface area contributed by atoms with Gasteiger partial charge in [0.1, 0.15) is 5.75 Å². The summed E-state index contributed by atoms with van der Waals surface area (Å²) < 4.78 is 22.6. The van der Waals surface area contributed by atoms with Gasteiger partial charge in [-0.25, -0.2) is 4.79 Å². The number of alkyl carbamates (subject to hydrolysis) is 1. The maximum Gasteiger partial charge on any atom is 0.407 e. The predicted octanol–water partition coefficient (Wildman–Crippen LogP) is 5.96. The number of carbonyl (C=O) groups is 2. The van der Waals surface area contributed by atoms with Crippen LogP contribution in [0.15, 0.2) is 41.0 Å². The first-order chi connectivity index (χ1) is 14.8. The maximum atomic E-state index is 12.0. The summed E-state index contributed by atoms with van der Waals surface area (Å²) >= 11 is 3.50. The second-order valence-electron chi connectivity index (χ2n) is 6.91. The average Bonchev–Trinajstić information content (AvgIpc) is 3.16. The Kier molecular flexibility index (Phi) is 9.65. The number of rotatable bonds is 10. The number of nitrogens with one attached hydrogen (secondary N) is 1. The number of carbonyl (C=O) groups excluding carboxylic acids is 2. The van der Waals surface area contributed by atoms with Crippen LogP contribution in [-0.2, 0) is 27.2 Å². The molecule has 2 rings (SSSR count). The molecule has 1 aromatic heterocycles. The monoisotopic (exact) mass is 493 g/mol. The van der Waals surface area contributed by atoms with Crippen molar-refractivity contribution in [3.63, 3.8) is 0 Å². The topological polar surface area (TPSA) is 87.0 Å². The number of allylic oxidation sites excluding steroid dienone is 1. The van der Waals surface area contributed by atoms with E-state index < -0.39 is 6.09 Å². The fourth-order valence-electron chi connectivity index (χ4n) is 2.69. The highest BCUT2D eigenvalue weighted by Gasteiger charge is 2.17. The summed E-state index contributed by atoms with van der Waals surface area (Å²) in [6.07, 6.45) is 3.67. The van der Waals surface area contributed by atoms with E-state index in [-0.39, 0.29) is 25.0 Å². The zero-order chi connectivity index (χ0) is 22.8. The fraction of sp³-hybridized carbons (Fsp3) is 0.391. The minimum absolute atomic E-state index is 0.0609. The molecule has 0 saturated heterocycles. The van der Waals surface area contributed by atoms with Crippen LogP contribution in [0.25, 0.3) is 4.48 Å². The third-order valence-electron chi connectivity index (χ3n) is 4.00. The van der Waals surface area contributed by atoms with Crippen LogP contribution in [0, 0.1) is 0 Å². The molecule has 1 heterocycles. The lowest BCUT2D eigenvalue weighted by Crippen LogP contribution is -2.26. The highest BCUT2D eigenvalue weighted by atomic mass is 79.9. The molecule has 0 aliphatic carbocycles. The predicted molar refractivity (Wildman–Crippen MR) is 121 cm³/mol. The SMILES string of the molecule is CC/C=C(/Br)c1occc1Oc1cc(CNC(=O)OC(C)C)ccc1CC(=O)OCC. The lowest BCUT2D eigenvalue weighted by atomic mass is 10.1. The van der Waals surface area contributed by atoms with Gasteiger partial charge < -0.3 is 23.9 Å². The van der Waals surface area contributed by atoms with E-state index in [4.69, 9.17) is 18.6 Å². The van der Waals surface area contributed by atoms with Gasteiger partial charge in [-0.05, 0) is 54.8 Å². The van der Waals surface area contributed by atoms with Gasteiger partial charge in [-0.15, -0.1) is 0 Å². The third-order valence-corrected chi connectivity index (χ3v) is 4.68. The van der Waals surface area contributed by atoms with Crippen molar-refractivity contribution in [1.82, 2.24) is 5.32 Å². The van der Waals surface area contributed by atoms with E-state index in [1.807, 2.05) is 19.1 Å². The molecule has 0 fully saturated rings. The van der Waals surface area contributed by atoms with Crippen LogP contribution in [0.1, 0.15) is 51.0 Å². The standard InChI is InChI=1S/C23H28BrNO6/c1-5-7-18(24)22-19(10-11-29-22)31-20-12-16(14-25-23(27)30-15(3)4)8-9-17(20)13-21(26)28-6-2/h7-12,15H,5-6,13-14H2,1-4H3,(H,25,27)/b18-7+. The second-order valence-corrected chi connectivity index (χ2v) is 7.76. The van der Waals surface area contributed by atoms with E-state index in [2.05, 4.69) is 21.2 Å². The molecule has 0 bridgehead atoms. The zero-order valence-corrected chi connectivity index (χ0v) is 19.8. The van der Waals surface area contributed by atoms with E-state index in [1.165, 1.54) is 6.26 Å². The number of furan rings is 1. The molecule has 1 N–H and O–H groups in total. The van der Waals surface area contributed by atoms with Gasteiger partial charge in [0.25, 0.3) is 0 Å². The quantitative estimate of drug-likeness (QED) is 0.411. The number of hydrogen-bond donors (Lipinski definition) is 1. The Morgan fingerprint density at radius 1 is 1.19 bits per heavy atom. The van der Waals surface area contributed by atoms with E-state index in [1.54, 1.807) is 39.0 Å². The molecule has 1 amide bonds. The Labute approximate surface area is 190 Å². The zero-order valence-electron chi connectivity index (χ0n) is 18.2.